The highest BCUT2D eigenvalue weighted by Gasteiger charge is 2.56. The normalized spacial score (nSPS) is 23.4. The Morgan fingerprint density at radius 2 is 2.04 bits per heavy atom. The van der Waals surface area contributed by atoms with Gasteiger partial charge in [-0.1, -0.05) is 30.0 Å². The Kier molecular flexibility index (Phi) is 4.84. The first-order chi connectivity index (χ1) is 13.5. The van der Waals surface area contributed by atoms with Crippen molar-refractivity contribution in [2.75, 3.05) is 13.2 Å². The van der Waals surface area contributed by atoms with Crippen molar-refractivity contribution in [2.24, 2.45) is 16.8 Å². The van der Waals surface area contributed by atoms with E-state index in [2.05, 4.69) is 5.10 Å². The fourth-order valence-corrected chi connectivity index (χ4v) is 5.33. The number of thioether (sulfide) groups is 1. The molecule has 1 spiro atoms. The summed E-state index contributed by atoms with van der Waals surface area (Å²) in [5.41, 5.74) is 6.93. The zero-order valence-corrected chi connectivity index (χ0v) is 16.0. The van der Waals surface area contributed by atoms with Gasteiger partial charge in [-0.05, 0) is 31.2 Å². The molecule has 0 saturated heterocycles. The number of nitrogens with two attached hydrogens (primary N) is 1. The Labute approximate surface area is 165 Å². The van der Waals surface area contributed by atoms with Crippen molar-refractivity contribution >= 4 is 22.7 Å². The molecule has 0 aromatic heterocycles. The number of benzene rings is 2. The standard InChI is InChI=1S/C20H19F2N3O2S/c1-12(26)25-20(28-19(24-25)13-8-15(21)10-16(22)9-13)14(6-7-23)11-27-18-5-3-2-4-17(18)20/h2-5,8-10,14H,6-7,11,23H2,1H3/t14-,20-/m0/s1. The third-order valence-electron chi connectivity index (χ3n) is 4.95. The second-order valence-corrected chi connectivity index (χ2v) is 7.99. The summed E-state index contributed by atoms with van der Waals surface area (Å²) < 4.78 is 33.5. The molecule has 0 saturated carbocycles. The molecule has 2 atom stereocenters. The molecular weight excluding hydrogens is 384 g/mol. The molecule has 146 valence electrons. The van der Waals surface area contributed by atoms with Gasteiger partial charge in [0.1, 0.15) is 22.4 Å². The number of amides is 1. The third-order valence-corrected chi connectivity index (χ3v) is 6.50. The van der Waals surface area contributed by atoms with Crippen LogP contribution in [0.25, 0.3) is 0 Å². The molecule has 2 aliphatic heterocycles. The maximum Gasteiger partial charge on any atom is 0.241 e. The van der Waals surface area contributed by atoms with E-state index in [9.17, 15) is 13.6 Å². The Hall–Kier alpha value is -2.45. The molecule has 1 amide bonds. The Morgan fingerprint density at radius 3 is 2.71 bits per heavy atom. The van der Waals surface area contributed by atoms with Crippen LogP contribution in [0.1, 0.15) is 24.5 Å². The molecule has 2 aromatic carbocycles. The van der Waals surface area contributed by atoms with Crippen molar-refractivity contribution in [3.05, 3.63) is 65.2 Å². The van der Waals surface area contributed by atoms with Gasteiger partial charge in [0.15, 0.2) is 4.87 Å². The van der Waals surface area contributed by atoms with Crippen molar-refractivity contribution in [2.45, 2.75) is 18.2 Å². The third kappa shape index (κ3) is 2.97. The van der Waals surface area contributed by atoms with Gasteiger partial charge in [0, 0.05) is 30.0 Å². The monoisotopic (exact) mass is 403 g/mol. The highest BCUT2D eigenvalue weighted by atomic mass is 32.2. The number of ether oxygens (including phenoxy) is 1. The summed E-state index contributed by atoms with van der Waals surface area (Å²) in [5.74, 6) is -1.13. The average Bonchev–Trinajstić information content (AvgIpc) is 3.05. The van der Waals surface area contributed by atoms with Gasteiger partial charge in [0.25, 0.3) is 0 Å². The zero-order valence-electron chi connectivity index (χ0n) is 15.2. The van der Waals surface area contributed by atoms with E-state index in [1.807, 2.05) is 24.3 Å². The lowest BCUT2D eigenvalue weighted by Crippen LogP contribution is -2.51. The predicted octanol–water partition coefficient (Wildman–Crippen LogP) is 3.43. The van der Waals surface area contributed by atoms with E-state index in [1.54, 1.807) is 0 Å². The second kappa shape index (κ2) is 7.18. The second-order valence-electron chi connectivity index (χ2n) is 6.77. The lowest BCUT2D eigenvalue weighted by atomic mass is 9.86. The van der Waals surface area contributed by atoms with Crippen LogP contribution in [-0.2, 0) is 9.67 Å². The van der Waals surface area contributed by atoms with Gasteiger partial charge in [-0.15, -0.1) is 0 Å². The van der Waals surface area contributed by atoms with Crippen molar-refractivity contribution in [1.29, 1.82) is 0 Å². The Morgan fingerprint density at radius 1 is 1.32 bits per heavy atom. The van der Waals surface area contributed by atoms with Crippen LogP contribution in [-0.4, -0.2) is 29.1 Å². The number of hydrogen-bond donors (Lipinski definition) is 1. The molecule has 0 bridgehead atoms. The molecule has 4 rings (SSSR count). The number of fused-ring (bicyclic) bond motifs is 2. The van der Waals surface area contributed by atoms with Gasteiger partial charge in [-0.3, -0.25) is 4.79 Å². The van der Waals surface area contributed by atoms with E-state index in [0.29, 0.717) is 35.9 Å². The first kappa shape index (κ1) is 18.9. The van der Waals surface area contributed by atoms with Gasteiger partial charge >= 0.3 is 0 Å². The van der Waals surface area contributed by atoms with Crippen LogP contribution in [0.15, 0.2) is 47.6 Å². The number of nitrogens with zero attached hydrogens (tertiary/aromatic N) is 2. The van der Waals surface area contributed by atoms with E-state index in [4.69, 9.17) is 10.5 Å². The lowest BCUT2D eigenvalue weighted by molar-refractivity contribution is -0.134. The van der Waals surface area contributed by atoms with E-state index in [-0.39, 0.29) is 11.8 Å². The van der Waals surface area contributed by atoms with Crippen LogP contribution >= 0.6 is 11.8 Å². The first-order valence-electron chi connectivity index (χ1n) is 8.93. The molecule has 5 nitrogen and oxygen atoms in total. The molecular formula is C20H19F2N3O2S. The van der Waals surface area contributed by atoms with Gasteiger partial charge in [0.05, 0.1) is 6.61 Å². The molecule has 2 aliphatic rings. The van der Waals surface area contributed by atoms with Gasteiger partial charge in [0.2, 0.25) is 5.91 Å². The van der Waals surface area contributed by atoms with Crippen LogP contribution in [0.5, 0.6) is 5.75 Å². The number of carbonyl (C=O) groups excluding carboxylic acids is 1. The maximum atomic E-state index is 13.8. The smallest absolute Gasteiger partial charge is 0.241 e. The summed E-state index contributed by atoms with van der Waals surface area (Å²) in [7, 11) is 0. The SMILES string of the molecule is CC(=O)N1N=C(c2cc(F)cc(F)c2)S[C@@]12c1ccccc1OC[C@@H]2CCN. The summed E-state index contributed by atoms with van der Waals surface area (Å²) >= 11 is 1.32. The van der Waals surface area contributed by atoms with Crippen LogP contribution in [0, 0.1) is 17.6 Å². The molecule has 2 heterocycles. The highest BCUT2D eigenvalue weighted by Crippen LogP contribution is 2.57. The quantitative estimate of drug-likeness (QED) is 0.853. The van der Waals surface area contributed by atoms with E-state index < -0.39 is 16.5 Å². The molecule has 28 heavy (non-hydrogen) atoms. The largest absolute Gasteiger partial charge is 0.493 e. The number of para-hydroxylation sites is 1. The molecule has 0 unspecified atom stereocenters. The maximum absolute atomic E-state index is 13.8. The summed E-state index contributed by atoms with van der Waals surface area (Å²) in [6.07, 6.45) is 0.603. The molecule has 0 radical (unpaired) electrons. The fourth-order valence-electron chi connectivity index (χ4n) is 3.79. The number of rotatable bonds is 3. The number of carbonyl (C=O) groups is 1. The van der Waals surface area contributed by atoms with Gasteiger partial charge in [-0.25, -0.2) is 13.8 Å². The molecule has 8 heteroatoms. The van der Waals surface area contributed by atoms with E-state index in [0.717, 1.165) is 11.6 Å². The fraction of sp³-hybridized carbons (Fsp3) is 0.300. The van der Waals surface area contributed by atoms with E-state index >= 15 is 0 Å². The summed E-state index contributed by atoms with van der Waals surface area (Å²) in [6, 6.07) is 10.7. The first-order valence-corrected chi connectivity index (χ1v) is 9.74. The van der Waals surface area contributed by atoms with Gasteiger partial charge < -0.3 is 10.5 Å². The molecule has 2 aromatic rings. The minimum absolute atomic E-state index is 0.138. The Bertz CT molecular complexity index is 948. The molecule has 0 fully saturated rings. The number of halogens is 2. The minimum atomic E-state index is -0.877. The summed E-state index contributed by atoms with van der Waals surface area (Å²) in [6.45, 7) is 2.21. The van der Waals surface area contributed by atoms with Crippen molar-refractivity contribution in [1.82, 2.24) is 5.01 Å². The predicted molar refractivity (Wildman–Crippen MR) is 104 cm³/mol. The van der Waals surface area contributed by atoms with Crippen LogP contribution < -0.4 is 10.5 Å². The summed E-state index contributed by atoms with van der Waals surface area (Å²) in [4.78, 5) is 11.7. The van der Waals surface area contributed by atoms with E-state index in [1.165, 1.54) is 35.8 Å². The van der Waals surface area contributed by atoms with Crippen molar-refractivity contribution in [3.63, 3.8) is 0 Å². The zero-order chi connectivity index (χ0) is 19.9. The van der Waals surface area contributed by atoms with Crippen molar-refractivity contribution in [3.8, 4) is 5.75 Å². The number of hydrogen-bond acceptors (Lipinski definition) is 5. The topological polar surface area (TPSA) is 67.9 Å². The Balaban J connectivity index is 1.88. The van der Waals surface area contributed by atoms with Crippen molar-refractivity contribution < 1.29 is 18.3 Å². The van der Waals surface area contributed by atoms with Crippen LogP contribution in [0.4, 0.5) is 8.78 Å². The minimum Gasteiger partial charge on any atom is -0.493 e. The van der Waals surface area contributed by atoms with Crippen LogP contribution in [0.2, 0.25) is 0 Å². The van der Waals surface area contributed by atoms with Gasteiger partial charge in [-0.2, -0.15) is 5.10 Å². The molecule has 0 aliphatic carbocycles. The molecule has 2 N–H and O–H groups in total. The summed E-state index contributed by atoms with van der Waals surface area (Å²) in [5, 5.41) is 6.28. The van der Waals surface area contributed by atoms with Crippen LogP contribution in [0.3, 0.4) is 0 Å². The lowest BCUT2D eigenvalue weighted by Gasteiger charge is -2.45. The average molecular weight is 403 g/mol. The number of hydrazone groups is 1. The highest BCUT2D eigenvalue weighted by molar-refractivity contribution is 8.15.